The molecule has 1 aromatic heterocycles. The van der Waals surface area contributed by atoms with Crippen molar-refractivity contribution in [1.82, 2.24) is 15.2 Å². The largest absolute Gasteiger partial charge is 0.438 e. The van der Waals surface area contributed by atoms with Gasteiger partial charge in [-0.25, -0.2) is 9.78 Å². The Balaban J connectivity index is 1.84. The number of benzene rings is 1. The van der Waals surface area contributed by atoms with E-state index in [0.29, 0.717) is 23.1 Å². The van der Waals surface area contributed by atoms with E-state index in [2.05, 4.69) is 10.3 Å². The predicted molar refractivity (Wildman–Crippen MR) is 93.6 cm³/mol. The number of urea groups is 1. The quantitative estimate of drug-likeness (QED) is 0.901. The maximum absolute atomic E-state index is 12.1. The third-order valence-electron chi connectivity index (χ3n) is 4.29. The molecule has 1 fully saturated rings. The van der Waals surface area contributed by atoms with Gasteiger partial charge < -0.3 is 9.64 Å². The zero-order valence-corrected chi connectivity index (χ0v) is 14.7. The molecule has 0 bridgehead atoms. The number of rotatable bonds is 4. The summed E-state index contributed by atoms with van der Waals surface area (Å²) in [6.07, 6.45) is 2.23. The lowest BCUT2D eigenvalue weighted by Crippen LogP contribution is -2.54. The second-order valence-corrected chi connectivity index (χ2v) is 6.23. The van der Waals surface area contributed by atoms with Crippen molar-refractivity contribution in [2.24, 2.45) is 5.92 Å². The van der Waals surface area contributed by atoms with E-state index in [-0.39, 0.29) is 23.9 Å². The van der Waals surface area contributed by atoms with Crippen LogP contribution in [0.4, 0.5) is 4.79 Å². The number of hydrogen-bond donors (Lipinski definition) is 1. The fourth-order valence-electron chi connectivity index (χ4n) is 2.98. The zero-order valence-electron chi connectivity index (χ0n) is 13.9. The third kappa shape index (κ3) is 3.44. The molecule has 130 valence electrons. The lowest BCUT2D eigenvalue weighted by Gasteiger charge is -2.38. The van der Waals surface area contributed by atoms with Crippen molar-refractivity contribution in [2.45, 2.75) is 19.4 Å². The summed E-state index contributed by atoms with van der Waals surface area (Å²) in [6.45, 7) is 1.93. The maximum atomic E-state index is 12.1. The molecule has 0 radical (unpaired) electrons. The van der Waals surface area contributed by atoms with Gasteiger partial charge in [-0.3, -0.25) is 10.1 Å². The van der Waals surface area contributed by atoms with Gasteiger partial charge in [0.2, 0.25) is 11.8 Å². The molecular formula is C18H18ClN3O3. The number of nitrogens with one attached hydrogen (secondary N) is 1. The van der Waals surface area contributed by atoms with Gasteiger partial charge in [0.05, 0.1) is 12.0 Å². The second kappa shape index (κ2) is 7.11. The summed E-state index contributed by atoms with van der Waals surface area (Å²) in [4.78, 5) is 29.7. The van der Waals surface area contributed by atoms with Gasteiger partial charge in [0.25, 0.3) is 0 Å². The minimum Gasteiger partial charge on any atom is -0.438 e. The highest BCUT2D eigenvalue weighted by molar-refractivity contribution is 6.31. The summed E-state index contributed by atoms with van der Waals surface area (Å²) in [6, 6.07) is 9.98. The number of amides is 3. The van der Waals surface area contributed by atoms with Gasteiger partial charge in [-0.1, -0.05) is 30.7 Å². The lowest BCUT2D eigenvalue weighted by atomic mass is 9.87. The van der Waals surface area contributed by atoms with E-state index in [4.69, 9.17) is 16.3 Å². The molecule has 0 saturated carbocycles. The van der Waals surface area contributed by atoms with E-state index in [1.807, 2.05) is 19.1 Å². The smallest absolute Gasteiger partial charge is 0.324 e. The van der Waals surface area contributed by atoms with Crippen LogP contribution in [-0.4, -0.2) is 28.9 Å². The summed E-state index contributed by atoms with van der Waals surface area (Å²) in [5.41, 5.74) is 0.872. The van der Waals surface area contributed by atoms with Crippen molar-refractivity contribution < 1.29 is 14.3 Å². The highest BCUT2D eigenvalue weighted by Crippen LogP contribution is 2.34. The average molecular weight is 360 g/mol. The SMILES string of the molecule is CCC1C(=O)NC(=O)N(C)C1c1ccc(Oc2ncccc2Cl)cc1. The first-order valence-corrected chi connectivity index (χ1v) is 8.35. The van der Waals surface area contributed by atoms with Crippen molar-refractivity contribution >= 4 is 23.5 Å². The lowest BCUT2D eigenvalue weighted by molar-refractivity contribution is -0.128. The molecule has 0 aliphatic carbocycles. The van der Waals surface area contributed by atoms with Crippen LogP contribution in [-0.2, 0) is 4.79 Å². The van der Waals surface area contributed by atoms with Gasteiger partial charge in [0.1, 0.15) is 10.8 Å². The molecule has 7 heteroatoms. The Kier molecular flexibility index (Phi) is 4.90. The molecule has 6 nitrogen and oxygen atoms in total. The standard InChI is InChI=1S/C18H18ClN3O3/c1-3-13-15(22(2)18(24)21-16(13)23)11-6-8-12(9-7-11)25-17-14(19)5-4-10-20-17/h4-10,13,15H,3H2,1-2H3,(H,21,23,24). The van der Waals surface area contributed by atoms with Crippen LogP contribution < -0.4 is 10.1 Å². The fraction of sp³-hybridized carbons (Fsp3) is 0.278. The zero-order chi connectivity index (χ0) is 18.0. The monoisotopic (exact) mass is 359 g/mol. The van der Waals surface area contributed by atoms with Crippen LogP contribution in [0, 0.1) is 5.92 Å². The van der Waals surface area contributed by atoms with Crippen LogP contribution in [0.1, 0.15) is 24.9 Å². The van der Waals surface area contributed by atoms with Crippen LogP contribution >= 0.6 is 11.6 Å². The number of ether oxygens (including phenoxy) is 1. The fourth-order valence-corrected chi connectivity index (χ4v) is 3.14. The van der Waals surface area contributed by atoms with E-state index in [1.54, 1.807) is 42.4 Å². The molecule has 1 aliphatic rings. The number of aromatic nitrogens is 1. The Hall–Kier alpha value is -2.60. The van der Waals surface area contributed by atoms with Crippen molar-refractivity contribution in [3.8, 4) is 11.6 Å². The summed E-state index contributed by atoms with van der Waals surface area (Å²) in [5.74, 6) is 0.371. The molecule has 2 atom stereocenters. The normalized spacial score (nSPS) is 20.4. The Labute approximate surface area is 150 Å². The first-order chi connectivity index (χ1) is 12.0. The number of carbonyl (C=O) groups is 2. The molecule has 25 heavy (non-hydrogen) atoms. The molecule has 1 aliphatic heterocycles. The topological polar surface area (TPSA) is 71.5 Å². The Bertz CT molecular complexity index is 794. The Morgan fingerprint density at radius 1 is 1.24 bits per heavy atom. The molecule has 3 amide bonds. The van der Waals surface area contributed by atoms with Crippen molar-refractivity contribution in [1.29, 1.82) is 0 Å². The average Bonchev–Trinajstić information content (AvgIpc) is 2.61. The van der Waals surface area contributed by atoms with Crippen LogP contribution in [0.15, 0.2) is 42.6 Å². The molecule has 1 aromatic carbocycles. The molecule has 2 heterocycles. The second-order valence-electron chi connectivity index (χ2n) is 5.83. The molecular weight excluding hydrogens is 342 g/mol. The minimum absolute atomic E-state index is 0.240. The van der Waals surface area contributed by atoms with Crippen LogP contribution in [0.3, 0.4) is 0 Å². The van der Waals surface area contributed by atoms with E-state index >= 15 is 0 Å². The predicted octanol–water partition coefficient (Wildman–Crippen LogP) is 3.78. The van der Waals surface area contributed by atoms with Crippen molar-refractivity contribution in [3.05, 3.63) is 53.2 Å². The number of carbonyl (C=O) groups excluding carboxylic acids is 2. The van der Waals surface area contributed by atoms with Crippen molar-refractivity contribution in [3.63, 3.8) is 0 Å². The van der Waals surface area contributed by atoms with Gasteiger partial charge in [-0.15, -0.1) is 0 Å². The summed E-state index contributed by atoms with van der Waals surface area (Å²) in [5, 5.41) is 2.80. The highest BCUT2D eigenvalue weighted by Gasteiger charge is 2.39. The summed E-state index contributed by atoms with van der Waals surface area (Å²) < 4.78 is 5.67. The van der Waals surface area contributed by atoms with Gasteiger partial charge in [0.15, 0.2) is 0 Å². The molecule has 3 rings (SSSR count). The Morgan fingerprint density at radius 2 is 1.96 bits per heavy atom. The first-order valence-electron chi connectivity index (χ1n) is 7.97. The number of hydrogen-bond acceptors (Lipinski definition) is 4. The van der Waals surface area contributed by atoms with Crippen LogP contribution in [0.2, 0.25) is 5.02 Å². The van der Waals surface area contributed by atoms with E-state index in [9.17, 15) is 9.59 Å². The number of imide groups is 1. The maximum Gasteiger partial charge on any atom is 0.324 e. The van der Waals surface area contributed by atoms with Crippen LogP contribution in [0.25, 0.3) is 0 Å². The molecule has 0 spiro atoms. The summed E-state index contributed by atoms with van der Waals surface area (Å²) in [7, 11) is 1.69. The minimum atomic E-state index is -0.389. The number of halogens is 1. The van der Waals surface area contributed by atoms with Gasteiger partial charge >= 0.3 is 6.03 Å². The molecule has 1 saturated heterocycles. The van der Waals surface area contributed by atoms with Crippen molar-refractivity contribution in [2.75, 3.05) is 7.05 Å². The van der Waals surface area contributed by atoms with Gasteiger partial charge in [-0.05, 0) is 36.2 Å². The molecule has 2 aromatic rings. The van der Waals surface area contributed by atoms with E-state index < -0.39 is 0 Å². The molecule has 1 N–H and O–H groups in total. The summed E-state index contributed by atoms with van der Waals surface area (Å²) >= 11 is 6.04. The third-order valence-corrected chi connectivity index (χ3v) is 4.57. The van der Waals surface area contributed by atoms with Crippen LogP contribution in [0.5, 0.6) is 11.6 Å². The Morgan fingerprint density at radius 3 is 2.60 bits per heavy atom. The highest BCUT2D eigenvalue weighted by atomic mass is 35.5. The number of nitrogens with zero attached hydrogens (tertiary/aromatic N) is 2. The van der Waals surface area contributed by atoms with Gasteiger partial charge in [-0.2, -0.15) is 0 Å². The van der Waals surface area contributed by atoms with Gasteiger partial charge in [0, 0.05) is 13.2 Å². The first kappa shape index (κ1) is 17.2. The van der Waals surface area contributed by atoms with E-state index in [0.717, 1.165) is 5.56 Å². The number of pyridine rings is 1. The molecule has 2 unspecified atom stereocenters. The van der Waals surface area contributed by atoms with E-state index in [1.165, 1.54) is 0 Å².